The van der Waals surface area contributed by atoms with E-state index in [4.69, 9.17) is 10.5 Å². The number of nitrogens with one attached hydrogen (secondary N) is 1. The van der Waals surface area contributed by atoms with E-state index < -0.39 is 4.92 Å². The molecule has 1 aromatic rings. The van der Waals surface area contributed by atoms with Crippen molar-refractivity contribution in [3.05, 3.63) is 34.4 Å². The van der Waals surface area contributed by atoms with Crippen LogP contribution in [0.5, 0.6) is 5.75 Å². The first-order valence-electron chi connectivity index (χ1n) is 6.97. The maximum absolute atomic E-state index is 11.8. The monoisotopic (exact) mass is 329 g/mol. The lowest BCUT2D eigenvalue weighted by Crippen LogP contribution is -2.42. The van der Waals surface area contributed by atoms with Gasteiger partial charge in [0.15, 0.2) is 5.75 Å². The van der Waals surface area contributed by atoms with E-state index in [1.54, 1.807) is 12.1 Å². The van der Waals surface area contributed by atoms with Gasteiger partial charge in [-0.15, -0.1) is 12.4 Å². The third-order valence-corrected chi connectivity index (χ3v) is 3.44. The van der Waals surface area contributed by atoms with E-state index in [1.807, 2.05) is 0 Å². The molecule has 0 saturated heterocycles. The van der Waals surface area contributed by atoms with Crippen molar-refractivity contribution >= 4 is 24.0 Å². The number of halogens is 1. The van der Waals surface area contributed by atoms with Gasteiger partial charge in [0.2, 0.25) is 5.91 Å². The Kier molecular flexibility index (Phi) is 7.07. The van der Waals surface area contributed by atoms with Gasteiger partial charge in [-0.2, -0.15) is 0 Å². The van der Waals surface area contributed by atoms with Gasteiger partial charge in [0.1, 0.15) is 0 Å². The van der Waals surface area contributed by atoms with E-state index in [0.717, 1.165) is 12.8 Å². The molecule has 1 fully saturated rings. The molecule has 1 aliphatic rings. The van der Waals surface area contributed by atoms with E-state index in [0.29, 0.717) is 12.5 Å². The molecular formula is C14H20ClN3O4. The lowest BCUT2D eigenvalue weighted by atomic mass is 10.2. The van der Waals surface area contributed by atoms with Gasteiger partial charge in [0, 0.05) is 18.7 Å². The highest BCUT2D eigenvalue weighted by molar-refractivity contribution is 5.85. The normalized spacial score (nSPS) is 14.6. The van der Waals surface area contributed by atoms with E-state index in [9.17, 15) is 14.9 Å². The first-order valence-corrected chi connectivity index (χ1v) is 6.97. The molecule has 1 unspecified atom stereocenters. The Bertz CT molecular complexity index is 523. The number of carbonyl (C=O) groups excluding carboxylic acids is 1. The molecular weight excluding hydrogens is 310 g/mol. The van der Waals surface area contributed by atoms with Crippen LogP contribution >= 0.6 is 12.4 Å². The molecule has 22 heavy (non-hydrogen) atoms. The fraction of sp³-hybridized carbons (Fsp3) is 0.500. The molecule has 1 amide bonds. The van der Waals surface area contributed by atoms with Crippen LogP contribution in [0.3, 0.4) is 0 Å². The number of benzene rings is 1. The molecule has 7 nitrogen and oxygen atoms in total. The fourth-order valence-electron chi connectivity index (χ4n) is 2.13. The minimum atomic E-state index is -0.507. The van der Waals surface area contributed by atoms with Gasteiger partial charge in [-0.3, -0.25) is 14.9 Å². The predicted octanol–water partition coefficient (Wildman–Crippen LogP) is 1.64. The lowest BCUT2D eigenvalue weighted by Gasteiger charge is -2.16. The summed E-state index contributed by atoms with van der Waals surface area (Å²) >= 11 is 0. The topological polar surface area (TPSA) is 107 Å². The number of ether oxygens (including phenoxy) is 1. The van der Waals surface area contributed by atoms with E-state index in [2.05, 4.69) is 5.32 Å². The van der Waals surface area contributed by atoms with Crippen molar-refractivity contribution < 1.29 is 14.5 Å². The van der Waals surface area contributed by atoms with Crippen LogP contribution in [0.4, 0.5) is 5.69 Å². The summed E-state index contributed by atoms with van der Waals surface area (Å²) in [5.74, 6) is 0.527. The average Bonchev–Trinajstić information content (AvgIpc) is 3.29. The lowest BCUT2D eigenvalue weighted by molar-refractivity contribution is -0.385. The number of amides is 1. The second-order valence-corrected chi connectivity index (χ2v) is 5.07. The molecule has 0 heterocycles. The van der Waals surface area contributed by atoms with Crippen LogP contribution in [-0.4, -0.2) is 30.0 Å². The zero-order chi connectivity index (χ0) is 15.2. The summed E-state index contributed by atoms with van der Waals surface area (Å²) in [5.41, 5.74) is 5.51. The van der Waals surface area contributed by atoms with Crippen molar-refractivity contribution in [1.82, 2.24) is 5.32 Å². The second-order valence-electron chi connectivity index (χ2n) is 5.07. The minimum absolute atomic E-state index is 0. The third-order valence-electron chi connectivity index (χ3n) is 3.44. The molecule has 1 aliphatic carbocycles. The summed E-state index contributed by atoms with van der Waals surface area (Å²) in [5, 5.41) is 13.7. The first kappa shape index (κ1) is 18.2. The van der Waals surface area contributed by atoms with Gasteiger partial charge in [0.25, 0.3) is 0 Å². The maximum Gasteiger partial charge on any atom is 0.310 e. The molecule has 3 N–H and O–H groups in total. The molecule has 0 aliphatic heterocycles. The van der Waals surface area contributed by atoms with Crippen LogP contribution < -0.4 is 15.8 Å². The van der Waals surface area contributed by atoms with Crippen molar-refractivity contribution in [2.24, 2.45) is 11.7 Å². The predicted molar refractivity (Wildman–Crippen MR) is 84.2 cm³/mol. The second kappa shape index (κ2) is 8.55. The maximum atomic E-state index is 11.8. The molecule has 0 bridgehead atoms. The number of nitrogens with zero attached hydrogens (tertiary/aromatic N) is 1. The van der Waals surface area contributed by atoms with E-state index in [-0.39, 0.29) is 48.8 Å². The summed E-state index contributed by atoms with van der Waals surface area (Å²) in [6.45, 7) is 0.528. The number of rotatable bonds is 8. The van der Waals surface area contributed by atoms with Crippen molar-refractivity contribution in [2.75, 3.05) is 13.2 Å². The van der Waals surface area contributed by atoms with Crippen molar-refractivity contribution in [2.45, 2.75) is 25.3 Å². The standard InChI is InChI=1S/C14H19N3O4.ClH/c15-9-11(10-5-6-10)16-14(18)7-8-21-13-4-2-1-3-12(13)17(19)20;/h1-4,10-11H,5-9,15H2,(H,16,18);1H. The quantitative estimate of drug-likeness (QED) is 0.557. The van der Waals surface area contributed by atoms with Gasteiger partial charge < -0.3 is 15.8 Å². The number of nitro groups is 1. The summed E-state index contributed by atoms with van der Waals surface area (Å²) < 4.78 is 5.33. The molecule has 0 spiro atoms. The Hall–Kier alpha value is -1.86. The molecule has 1 aromatic carbocycles. The van der Waals surface area contributed by atoms with Gasteiger partial charge in [-0.05, 0) is 24.8 Å². The molecule has 1 saturated carbocycles. The first-order chi connectivity index (χ1) is 10.1. The van der Waals surface area contributed by atoms with Crippen LogP contribution in [0.25, 0.3) is 0 Å². The summed E-state index contributed by atoms with van der Waals surface area (Å²) in [4.78, 5) is 22.1. The Labute approximate surface area is 134 Å². The molecule has 0 radical (unpaired) electrons. The zero-order valence-electron chi connectivity index (χ0n) is 12.1. The van der Waals surface area contributed by atoms with E-state index in [1.165, 1.54) is 12.1 Å². The van der Waals surface area contributed by atoms with Crippen LogP contribution in [0.1, 0.15) is 19.3 Å². The molecule has 8 heteroatoms. The largest absolute Gasteiger partial charge is 0.486 e. The Morgan fingerprint density at radius 3 is 2.73 bits per heavy atom. The smallest absolute Gasteiger partial charge is 0.310 e. The van der Waals surface area contributed by atoms with Crippen molar-refractivity contribution in [3.8, 4) is 5.75 Å². The highest BCUT2D eigenvalue weighted by Gasteiger charge is 2.31. The number of para-hydroxylation sites is 2. The average molecular weight is 330 g/mol. The number of nitrogens with two attached hydrogens (primary N) is 1. The van der Waals surface area contributed by atoms with Crippen LogP contribution in [0.2, 0.25) is 0 Å². The highest BCUT2D eigenvalue weighted by atomic mass is 35.5. The third kappa shape index (κ3) is 5.16. The Balaban J connectivity index is 0.00000242. The van der Waals surface area contributed by atoms with Gasteiger partial charge >= 0.3 is 5.69 Å². The number of hydrogen-bond acceptors (Lipinski definition) is 5. The van der Waals surface area contributed by atoms with Crippen LogP contribution in [0.15, 0.2) is 24.3 Å². The van der Waals surface area contributed by atoms with Crippen molar-refractivity contribution in [1.29, 1.82) is 0 Å². The number of hydrogen-bond donors (Lipinski definition) is 2. The molecule has 2 rings (SSSR count). The van der Waals surface area contributed by atoms with Gasteiger partial charge in [-0.1, -0.05) is 12.1 Å². The molecule has 0 aromatic heterocycles. The summed E-state index contributed by atoms with van der Waals surface area (Å²) in [7, 11) is 0. The Morgan fingerprint density at radius 1 is 1.45 bits per heavy atom. The minimum Gasteiger partial charge on any atom is -0.486 e. The highest BCUT2D eigenvalue weighted by Crippen LogP contribution is 2.32. The summed E-state index contributed by atoms with van der Waals surface area (Å²) in [6, 6.07) is 6.14. The van der Waals surface area contributed by atoms with Crippen LogP contribution in [0, 0.1) is 16.0 Å². The van der Waals surface area contributed by atoms with Crippen LogP contribution in [-0.2, 0) is 4.79 Å². The zero-order valence-corrected chi connectivity index (χ0v) is 12.9. The molecule has 1 atom stereocenters. The number of carbonyl (C=O) groups is 1. The Morgan fingerprint density at radius 2 is 2.14 bits per heavy atom. The van der Waals surface area contributed by atoms with Gasteiger partial charge in [-0.25, -0.2) is 0 Å². The SMILES string of the molecule is Cl.NCC(NC(=O)CCOc1ccccc1[N+](=O)[O-])C1CC1. The van der Waals surface area contributed by atoms with Crippen molar-refractivity contribution in [3.63, 3.8) is 0 Å². The number of nitro benzene ring substituents is 1. The van der Waals surface area contributed by atoms with E-state index >= 15 is 0 Å². The fourth-order valence-corrected chi connectivity index (χ4v) is 2.13. The summed E-state index contributed by atoms with van der Waals surface area (Å²) in [6.07, 6.45) is 2.36. The molecule has 122 valence electrons. The van der Waals surface area contributed by atoms with Gasteiger partial charge in [0.05, 0.1) is 18.0 Å².